The van der Waals surface area contributed by atoms with Gasteiger partial charge in [0.1, 0.15) is 0 Å². The first-order valence-electron chi connectivity index (χ1n) is 11.8. The molecule has 0 aliphatic rings. The lowest BCUT2D eigenvalue weighted by Crippen LogP contribution is -2.32. The summed E-state index contributed by atoms with van der Waals surface area (Å²) in [6.07, 6.45) is 2.11. The van der Waals surface area contributed by atoms with Crippen LogP contribution in [-0.2, 0) is 11.3 Å². The molecular weight excluding hydrogens is 450 g/mol. The number of fused-ring (bicyclic) bond motifs is 1. The Morgan fingerprint density at radius 3 is 2.14 bits per heavy atom. The number of hydrogen-bond donors (Lipinski definition) is 0. The molecule has 2 aromatic heterocycles. The van der Waals surface area contributed by atoms with Gasteiger partial charge in [-0.1, -0.05) is 84.1 Å². The minimum atomic E-state index is -0.0468. The van der Waals surface area contributed by atoms with Crippen LogP contribution in [0.15, 0.2) is 97.2 Å². The zero-order valence-electron chi connectivity index (χ0n) is 19.9. The van der Waals surface area contributed by atoms with Crippen LogP contribution in [0.25, 0.3) is 10.2 Å². The molecule has 0 unspecified atom stereocenters. The van der Waals surface area contributed by atoms with Gasteiger partial charge >= 0.3 is 0 Å². The van der Waals surface area contributed by atoms with Crippen LogP contribution in [0.5, 0.6) is 0 Å². The van der Waals surface area contributed by atoms with Crippen molar-refractivity contribution in [1.29, 1.82) is 0 Å². The van der Waals surface area contributed by atoms with Crippen LogP contribution >= 0.6 is 11.3 Å². The average Bonchev–Trinajstić information content (AvgIpc) is 3.34. The minimum absolute atomic E-state index is 0.0294. The summed E-state index contributed by atoms with van der Waals surface area (Å²) in [5.41, 5.74) is 6.41. The van der Waals surface area contributed by atoms with Gasteiger partial charge in [0.15, 0.2) is 5.13 Å². The van der Waals surface area contributed by atoms with E-state index in [1.165, 1.54) is 5.56 Å². The number of pyridine rings is 1. The van der Waals surface area contributed by atoms with E-state index in [-0.39, 0.29) is 11.8 Å². The number of carbonyl (C=O) groups is 1. The van der Waals surface area contributed by atoms with Gasteiger partial charge in [-0.05, 0) is 54.3 Å². The molecule has 0 aliphatic heterocycles. The van der Waals surface area contributed by atoms with E-state index in [1.54, 1.807) is 22.4 Å². The predicted molar refractivity (Wildman–Crippen MR) is 144 cm³/mol. The zero-order valence-corrected chi connectivity index (χ0v) is 20.7. The van der Waals surface area contributed by atoms with Crippen molar-refractivity contribution < 1.29 is 4.79 Å². The maximum absolute atomic E-state index is 14.0. The van der Waals surface area contributed by atoms with E-state index in [0.717, 1.165) is 32.6 Å². The molecule has 0 fully saturated rings. The van der Waals surface area contributed by atoms with Gasteiger partial charge < -0.3 is 0 Å². The van der Waals surface area contributed by atoms with Gasteiger partial charge in [-0.15, -0.1) is 0 Å². The number of amides is 1. The van der Waals surface area contributed by atoms with Crippen LogP contribution in [0.3, 0.4) is 0 Å². The summed E-state index contributed by atoms with van der Waals surface area (Å²) >= 11 is 1.56. The van der Waals surface area contributed by atoms with Crippen LogP contribution in [0.1, 0.15) is 40.3 Å². The first-order chi connectivity index (χ1) is 17.1. The molecule has 0 N–H and O–H groups in total. The van der Waals surface area contributed by atoms with Crippen molar-refractivity contribution in [2.75, 3.05) is 4.90 Å². The van der Waals surface area contributed by atoms with Gasteiger partial charge in [-0.2, -0.15) is 0 Å². The zero-order chi connectivity index (χ0) is 24.2. The third-order valence-corrected chi connectivity index (χ3v) is 7.48. The highest BCUT2D eigenvalue weighted by Gasteiger charge is 2.26. The van der Waals surface area contributed by atoms with Crippen molar-refractivity contribution in [3.63, 3.8) is 0 Å². The molecule has 0 spiro atoms. The van der Waals surface area contributed by atoms with Gasteiger partial charge in [0.05, 0.1) is 22.5 Å². The van der Waals surface area contributed by atoms with Crippen LogP contribution in [0.2, 0.25) is 0 Å². The molecule has 3 aromatic carbocycles. The van der Waals surface area contributed by atoms with Crippen LogP contribution < -0.4 is 4.90 Å². The molecule has 1 amide bonds. The first-order valence-corrected chi connectivity index (χ1v) is 12.6. The van der Waals surface area contributed by atoms with E-state index in [2.05, 4.69) is 55.2 Å². The van der Waals surface area contributed by atoms with E-state index < -0.39 is 0 Å². The van der Waals surface area contributed by atoms with Gasteiger partial charge in [-0.3, -0.25) is 14.7 Å². The van der Waals surface area contributed by atoms with Crippen molar-refractivity contribution in [2.24, 2.45) is 0 Å². The molecule has 0 bridgehead atoms. The van der Waals surface area contributed by atoms with Crippen molar-refractivity contribution in [3.8, 4) is 0 Å². The Balaban J connectivity index is 1.54. The lowest BCUT2D eigenvalue weighted by molar-refractivity contribution is -0.119. The number of anilines is 1. The standard InChI is InChI=1S/C30H27N3OS/c1-21-16-17-27-29(22(21)2)32-30(35-27)33(20-25-15-9-10-18-31-25)28(34)19-26(23-11-5-3-6-12-23)24-13-7-4-8-14-24/h3-18,26H,19-20H2,1-2H3. The highest BCUT2D eigenvalue weighted by molar-refractivity contribution is 7.22. The quantitative estimate of drug-likeness (QED) is 0.252. The molecule has 5 aromatic rings. The molecule has 2 heterocycles. The lowest BCUT2D eigenvalue weighted by Gasteiger charge is -2.24. The van der Waals surface area contributed by atoms with Gasteiger partial charge in [0.2, 0.25) is 5.91 Å². The number of hydrogen-bond acceptors (Lipinski definition) is 4. The lowest BCUT2D eigenvalue weighted by atomic mass is 9.88. The summed E-state index contributed by atoms with van der Waals surface area (Å²) in [7, 11) is 0. The number of rotatable bonds is 7. The second-order valence-electron chi connectivity index (χ2n) is 8.73. The van der Waals surface area contributed by atoms with Gasteiger partial charge in [0, 0.05) is 18.5 Å². The van der Waals surface area contributed by atoms with Crippen molar-refractivity contribution in [1.82, 2.24) is 9.97 Å². The summed E-state index contributed by atoms with van der Waals surface area (Å²) in [6, 6.07) is 30.5. The third kappa shape index (κ3) is 5.00. The maximum atomic E-state index is 14.0. The third-order valence-electron chi connectivity index (χ3n) is 6.43. The molecule has 35 heavy (non-hydrogen) atoms. The highest BCUT2D eigenvalue weighted by atomic mass is 32.1. The average molecular weight is 478 g/mol. The largest absolute Gasteiger partial charge is 0.282 e. The van der Waals surface area contributed by atoms with E-state index in [0.29, 0.717) is 18.1 Å². The highest BCUT2D eigenvalue weighted by Crippen LogP contribution is 2.35. The summed E-state index contributed by atoms with van der Waals surface area (Å²) in [5.74, 6) is -0.0173. The number of benzene rings is 3. The first kappa shape index (κ1) is 22.9. The Morgan fingerprint density at radius 2 is 1.51 bits per heavy atom. The van der Waals surface area contributed by atoms with Crippen LogP contribution in [-0.4, -0.2) is 15.9 Å². The molecule has 5 heteroatoms. The molecule has 0 saturated carbocycles. The summed E-state index contributed by atoms with van der Waals surface area (Å²) in [5, 5.41) is 0.712. The van der Waals surface area contributed by atoms with E-state index >= 15 is 0 Å². The molecule has 4 nitrogen and oxygen atoms in total. The summed E-state index contributed by atoms with van der Waals surface area (Å²) < 4.78 is 1.09. The van der Waals surface area contributed by atoms with Crippen LogP contribution in [0.4, 0.5) is 5.13 Å². The van der Waals surface area contributed by atoms with Crippen LogP contribution in [0, 0.1) is 13.8 Å². The number of aryl methyl sites for hydroxylation is 2. The Morgan fingerprint density at radius 1 is 0.857 bits per heavy atom. The Kier molecular flexibility index (Phi) is 6.68. The maximum Gasteiger partial charge on any atom is 0.230 e. The number of aromatic nitrogens is 2. The summed E-state index contributed by atoms with van der Waals surface area (Å²) in [6.45, 7) is 4.57. The molecule has 0 saturated heterocycles. The van der Waals surface area contributed by atoms with Crippen molar-refractivity contribution in [3.05, 3.63) is 125 Å². The van der Waals surface area contributed by atoms with E-state index in [9.17, 15) is 4.79 Å². The number of thiazole rings is 1. The normalized spacial score (nSPS) is 11.2. The molecule has 174 valence electrons. The predicted octanol–water partition coefficient (Wildman–Crippen LogP) is 7.06. The Labute approximate surface area is 209 Å². The SMILES string of the molecule is Cc1ccc2sc(N(Cc3ccccn3)C(=O)CC(c3ccccc3)c3ccccc3)nc2c1C. The topological polar surface area (TPSA) is 46.1 Å². The fourth-order valence-corrected chi connectivity index (χ4v) is 5.37. The molecule has 0 aliphatic carbocycles. The Bertz CT molecular complexity index is 1390. The number of carbonyl (C=O) groups excluding carboxylic acids is 1. The molecule has 0 atom stereocenters. The molecule has 5 rings (SSSR count). The van der Waals surface area contributed by atoms with Gasteiger partial charge in [-0.25, -0.2) is 4.98 Å². The monoisotopic (exact) mass is 477 g/mol. The van der Waals surface area contributed by atoms with Crippen molar-refractivity contribution in [2.45, 2.75) is 32.7 Å². The minimum Gasteiger partial charge on any atom is -0.282 e. The van der Waals surface area contributed by atoms with E-state index in [4.69, 9.17) is 4.98 Å². The summed E-state index contributed by atoms with van der Waals surface area (Å²) in [4.78, 5) is 25.2. The second-order valence-corrected chi connectivity index (χ2v) is 9.74. The molecule has 0 radical (unpaired) electrons. The van der Waals surface area contributed by atoms with Crippen molar-refractivity contribution >= 4 is 32.6 Å². The Hall–Kier alpha value is -3.83. The molecular formula is C30H27N3OS. The smallest absolute Gasteiger partial charge is 0.230 e. The van der Waals surface area contributed by atoms with E-state index in [1.807, 2.05) is 54.6 Å². The second kappa shape index (κ2) is 10.2. The number of nitrogens with zero attached hydrogens (tertiary/aromatic N) is 3. The van der Waals surface area contributed by atoms with Gasteiger partial charge in [0.25, 0.3) is 0 Å². The fourth-order valence-electron chi connectivity index (χ4n) is 4.33. The fraction of sp³-hybridized carbons (Fsp3) is 0.167.